The first-order valence-electron chi connectivity index (χ1n) is 11.0. The van der Waals surface area contributed by atoms with Gasteiger partial charge in [-0.3, -0.25) is 4.79 Å². The van der Waals surface area contributed by atoms with Gasteiger partial charge in [-0.25, -0.2) is 9.37 Å². The van der Waals surface area contributed by atoms with Crippen LogP contribution in [0.5, 0.6) is 6.08 Å². The van der Waals surface area contributed by atoms with Crippen LogP contribution in [0, 0.1) is 18.7 Å². The number of carbonyl (C=O) groups excluding carboxylic acids is 1. The summed E-state index contributed by atoms with van der Waals surface area (Å²) in [5.74, 6) is -0.132. The summed E-state index contributed by atoms with van der Waals surface area (Å²) in [4.78, 5) is 25.1. The number of carbonyl (C=O) groups is 1. The minimum atomic E-state index is -0.320. The zero-order valence-corrected chi connectivity index (χ0v) is 19.3. The van der Waals surface area contributed by atoms with Crippen molar-refractivity contribution < 1.29 is 18.3 Å². The van der Waals surface area contributed by atoms with Gasteiger partial charge in [0, 0.05) is 12.1 Å². The van der Waals surface area contributed by atoms with Crippen molar-refractivity contribution in [3.05, 3.63) is 64.2 Å². The van der Waals surface area contributed by atoms with Crippen LogP contribution in [-0.2, 0) is 0 Å². The molecule has 33 heavy (non-hydrogen) atoms. The summed E-state index contributed by atoms with van der Waals surface area (Å²) in [5, 5.41) is 0.794. The molecule has 5 rings (SSSR count). The van der Waals surface area contributed by atoms with Crippen molar-refractivity contribution in [2.45, 2.75) is 32.7 Å². The monoisotopic (exact) mass is 465 g/mol. The van der Waals surface area contributed by atoms with E-state index in [0.29, 0.717) is 29.3 Å². The number of oxazole rings is 1. The van der Waals surface area contributed by atoms with E-state index < -0.39 is 0 Å². The van der Waals surface area contributed by atoms with Crippen LogP contribution in [0.2, 0.25) is 0 Å². The highest BCUT2D eigenvalue weighted by atomic mass is 32.1. The lowest BCUT2D eigenvalue weighted by Crippen LogP contribution is -2.50. The quantitative estimate of drug-likeness (QED) is 0.377. The number of likely N-dealkylation sites (tertiary alicyclic amines) is 1. The van der Waals surface area contributed by atoms with Gasteiger partial charge in [0.25, 0.3) is 5.91 Å². The molecule has 2 aromatic carbocycles. The van der Waals surface area contributed by atoms with Crippen molar-refractivity contribution in [3.8, 4) is 17.3 Å². The molecule has 1 fully saturated rings. The molecule has 6 nitrogen and oxygen atoms in total. The maximum absolute atomic E-state index is 13.7. The Morgan fingerprint density at radius 1 is 1.21 bits per heavy atom. The van der Waals surface area contributed by atoms with E-state index in [4.69, 9.17) is 9.15 Å². The molecule has 1 saturated heterocycles. The number of ether oxygens (including phenoxy) is 1. The molecule has 0 unspecified atom stereocenters. The van der Waals surface area contributed by atoms with E-state index in [1.54, 1.807) is 12.1 Å². The highest BCUT2D eigenvalue weighted by molar-refractivity contribution is 7.14. The molecule has 0 aliphatic carbocycles. The van der Waals surface area contributed by atoms with Crippen molar-refractivity contribution in [3.63, 3.8) is 0 Å². The Labute approximate surface area is 195 Å². The summed E-state index contributed by atoms with van der Waals surface area (Å²) in [6.45, 7) is 4.95. The first kappa shape index (κ1) is 21.6. The molecule has 4 aromatic rings. The summed E-state index contributed by atoms with van der Waals surface area (Å²) in [6, 6.07) is 13.5. The van der Waals surface area contributed by atoms with Crippen molar-refractivity contribution in [1.29, 1.82) is 0 Å². The molecular formula is C25H24FN3O3S. The summed E-state index contributed by atoms with van der Waals surface area (Å²) in [6.07, 6.45) is 2.15. The Balaban J connectivity index is 1.39. The van der Waals surface area contributed by atoms with Crippen LogP contribution in [0.1, 0.15) is 34.4 Å². The lowest BCUT2D eigenvalue weighted by Gasteiger charge is -2.39. The zero-order valence-electron chi connectivity index (χ0n) is 18.5. The van der Waals surface area contributed by atoms with Gasteiger partial charge in [0.15, 0.2) is 5.58 Å². The summed E-state index contributed by atoms with van der Waals surface area (Å²) in [7, 11) is 0. The largest absolute Gasteiger partial charge is 0.448 e. The predicted octanol–water partition coefficient (Wildman–Crippen LogP) is 5.72. The number of benzene rings is 2. The van der Waals surface area contributed by atoms with Crippen LogP contribution in [0.15, 0.2) is 52.9 Å². The Kier molecular flexibility index (Phi) is 5.85. The first-order valence-corrected chi connectivity index (χ1v) is 11.8. The molecule has 2 aromatic heterocycles. The molecule has 1 aliphatic rings. The number of halogens is 1. The van der Waals surface area contributed by atoms with E-state index in [1.807, 2.05) is 36.1 Å². The molecule has 1 aliphatic heterocycles. The van der Waals surface area contributed by atoms with Crippen molar-refractivity contribution >= 4 is 28.3 Å². The Bertz CT molecular complexity index is 1250. The minimum absolute atomic E-state index is 0.0716. The van der Waals surface area contributed by atoms with Gasteiger partial charge < -0.3 is 14.1 Å². The van der Waals surface area contributed by atoms with Crippen LogP contribution in [-0.4, -0.2) is 40.0 Å². The van der Waals surface area contributed by atoms with E-state index in [1.165, 1.54) is 23.5 Å². The van der Waals surface area contributed by atoms with Crippen LogP contribution >= 0.6 is 11.3 Å². The van der Waals surface area contributed by atoms with E-state index >= 15 is 0 Å². The fourth-order valence-electron chi connectivity index (χ4n) is 4.33. The third kappa shape index (κ3) is 4.35. The average Bonchev–Trinajstić information content (AvgIpc) is 3.41. The smallest absolute Gasteiger partial charge is 0.394 e. The van der Waals surface area contributed by atoms with E-state index in [0.717, 1.165) is 28.9 Å². The van der Waals surface area contributed by atoms with Crippen LogP contribution < -0.4 is 4.74 Å². The molecule has 0 radical (unpaired) electrons. The molecule has 0 N–H and O–H groups in total. The molecule has 2 atom stereocenters. The Hall–Kier alpha value is -3.26. The van der Waals surface area contributed by atoms with Crippen molar-refractivity contribution in [2.75, 3.05) is 13.2 Å². The summed E-state index contributed by atoms with van der Waals surface area (Å²) < 4.78 is 25.0. The van der Waals surface area contributed by atoms with Crippen LogP contribution in [0.4, 0.5) is 4.39 Å². The minimum Gasteiger partial charge on any atom is -0.448 e. The highest BCUT2D eigenvalue weighted by Crippen LogP contribution is 2.33. The number of amides is 1. The van der Waals surface area contributed by atoms with Crippen LogP contribution in [0.3, 0.4) is 0 Å². The molecule has 0 spiro atoms. The lowest BCUT2D eigenvalue weighted by atomic mass is 9.91. The Morgan fingerprint density at radius 2 is 2.00 bits per heavy atom. The molecule has 1 amide bonds. The normalized spacial score (nSPS) is 18.6. The Morgan fingerprint density at radius 3 is 2.79 bits per heavy atom. The highest BCUT2D eigenvalue weighted by Gasteiger charge is 2.35. The number of para-hydroxylation sites is 2. The number of hydrogen-bond acceptors (Lipinski definition) is 6. The zero-order chi connectivity index (χ0) is 22.9. The first-order chi connectivity index (χ1) is 16.0. The molecular weight excluding hydrogens is 441 g/mol. The number of rotatable bonds is 5. The third-order valence-corrected chi connectivity index (χ3v) is 7.03. The second-order valence-corrected chi connectivity index (χ2v) is 9.56. The van der Waals surface area contributed by atoms with Gasteiger partial charge in [-0.1, -0.05) is 19.1 Å². The number of piperidine rings is 1. The standard InChI is InChI=1S/C25H24FN3O3S/c1-15-6-5-13-29(20(15)14-31-25-28-19-7-3-4-8-21(19)32-25)24(30)23-22(27-16(2)33-23)17-9-11-18(26)12-10-17/h3-4,7-12,15,20H,5-6,13-14H2,1-2H3/t15-,20-/m1/s1. The van der Waals surface area contributed by atoms with E-state index in [9.17, 15) is 9.18 Å². The fourth-order valence-corrected chi connectivity index (χ4v) is 5.23. The van der Waals surface area contributed by atoms with Crippen molar-refractivity contribution in [1.82, 2.24) is 14.9 Å². The van der Waals surface area contributed by atoms with Gasteiger partial charge in [-0.2, -0.15) is 4.98 Å². The number of aromatic nitrogens is 2. The summed E-state index contributed by atoms with van der Waals surface area (Å²) >= 11 is 1.37. The van der Waals surface area contributed by atoms with Gasteiger partial charge in [0.2, 0.25) is 0 Å². The average molecular weight is 466 g/mol. The molecule has 0 saturated carbocycles. The number of aryl methyl sites for hydroxylation is 1. The van der Waals surface area contributed by atoms with E-state index in [-0.39, 0.29) is 29.8 Å². The second kappa shape index (κ2) is 8.94. The number of hydrogen-bond donors (Lipinski definition) is 0. The molecule has 8 heteroatoms. The number of nitrogens with zero attached hydrogens (tertiary/aromatic N) is 3. The number of thiazole rings is 1. The van der Waals surface area contributed by atoms with Gasteiger partial charge >= 0.3 is 6.08 Å². The fraction of sp³-hybridized carbons (Fsp3) is 0.320. The second-order valence-electron chi connectivity index (χ2n) is 8.36. The SMILES string of the molecule is Cc1nc(-c2ccc(F)cc2)c(C(=O)N2CCC[C@@H](C)[C@H]2COc2nc3ccccc3o2)s1. The molecule has 3 heterocycles. The third-order valence-electron chi connectivity index (χ3n) is 6.07. The number of fused-ring (bicyclic) bond motifs is 1. The molecule has 0 bridgehead atoms. The van der Waals surface area contributed by atoms with Gasteiger partial charge in [-0.05, 0) is 62.1 Å². The topological polar surface area (TPSA) is 68.5 Å². The van der Waals surface area contributed by atoms with Crippen LogP contribution in [0.25, 0.3) is 22.4 Å². The summed E-state index contributed by atoms with van der Waals surface area (Å²) in [5.41, 5.74) is 2.73. The maximum atomic E-state index is 13.7. The van der Waals surface area contributed by atoms with Gasteiger partial charge in [0.05, 0.1) is 16.7 Å². The van der Waals surface area contributed by atoms with E-state index in [2.05, 4.69) is 16.9 Å². The molecule has 170 valence electrons. The lowest BCUT2D eigenvalue weighted by molar-refractivity contribution is 0.0359. The maximum Gasteiger partial charge on any atom is 0.394 e. The van der Waals surface area contributed by atoms with Gasteiger partial charge in [-0.15, -0.1) is 11.3 Å². The van der Waals surface area contributed by atoms with Crippen molar-refractivity contribution in [2.24, 2.45) is 5.92 Å². The predicted molar refractivity (Wildman–Crippen MR) is 125 cm³/mol. The van der Waals surface area contributed by atoms with Gasteiger partial charge in [0.1, 0.15) is 22.8 Å².